The first-order chi connectivity index (χ1) is 8.81. The van der Waals surface area contributed by atoms with E-state index in [9.17, 15) is 0 Å². The van der Waals surface area contributed by atoms with Crippen LogP contribution in [0.1, 0.15) is 56.4 Å². The Labute approximate surface area is 115 Å². The van der Waals surface area contributed by atoms with Crippen molar-refractivity contribution < 1.29 is 0 Å². The Morgan fingerprint density at radius 1 is 0.889 bits per heavy atom. The van der Waals surface area contributed by atoms with Crippen molar-refractivity contribution in [2.45, 2.75) is 62.9 Å². The summed E-state index contributed by atoms with van der Waals surface area (Å²) < 4.78 is 0. The highest BCUT2D eigenvalue weighted by molar-refractivity contribution is 6.30. The SMILES string of the molecule is Clc1ccc(C2CC(NC3CCCCC3)C2)cc1. The summed E-state index contributed by atoms with van der Waals surface area (Å²) in [5.41, 5.74) is 1.46. The van der Waals surface area contributed by atoms with Crippen LogP contribution in [0.25, 0.3) is 0 Å². The molecule has 2 aliphatic carbocycles. The summed E-state index contributed by atoms with van der Waals surface area (Å²) in [6, 6.07) is 9.95. The monoisotopic (exact) mass is 263 g/mol. The van der Waals surface area contributed by atoms with Gasteiger partial charge in [0.2, 0.25) is 0 Å². The average Bonchev–Trinajstić information content (AvgIpc) is 2.36. The van der Waals surface area contributed by atoms with Gasteiger partial charge in [-0.25, -0.2) is 0 Å². The van der Waals surface area contributed by atoms with E-state index in [4.69, 9.17) is 11.6 Å². The van der Waals surface area contributed by atoms with Crippen LogP contribution in [0.2, 0.25) is 5.02 Å². The van der Waals surface area contributed by atoms with E-state index in [1.54, 1.807) is 0 Å². The molecule has 2 fully saturated rings. The number of nitrogens with one attached hydrogen (secondary N) is 1. The molecule has 0 saturated heterocycles. The minimum Gasteiger partial charge on any atom is -0.311 e. The average molecular weight is 264 g/mol. The molecule has 3 rings (SSSR count). The predicted molar refractivity (Wildman–Crippen MR) is 77.2 cm³/mol. The highest BCUT2D eigenvalue weighted by atomic mass is 35.5. The molecule has 0 aliphatic heterocycles. The van der Waals surface area contributed by atoms with E-state index in [1.807, 2.05) is 12.1 Å². The summed E-state index contributed by atoms with van der Waals surface area (Å²) >= 11 is 5.92. The third kappa shape index (κ3) is 2.89. The number of rotatable bonds is 3. The van der Waals surface area contributed by atoms with Gasteiger partial charge in [-0.15, -0.1) is 0 Å². The summed E-state index contributed by atoms with van der Waals surface area (Å²) in [6.07, 6.45) is 9.67. The molecule has 0 aromatic heterocycles. The lowest BCUT2D eigenvalue weighted by molar-refractivity contribution is 0.238. The van der Waals surface area contributed by atoms with Crippen LogP contribution in [0.15, 0.2) is 24.3 Å². The Morgan fingerprint density at radius 3 is 2.22 bits per heavy atom. The van der Waals surface area contributed by atoms with Crippen LogP contribution in [0, 0.1) is 0 Å². The Bertz CT molecular complexity index is 375. The first-order valence-corrected chi connectivity index (χ1v) is 7.70. The molecular weight excluding hydrogens is 242 g/mol. The van der Waals surface area contributed by atoms with Crippen molar-refractivity contribution in [3.63, 3.8) is 0 Å². The third-order valence-electron chi connectivity index (χ3n) is 4.56. The van der Waals surface area contributed by atoms with Crippen molar-refractivity contribution in [1.82, 2.24) is 5.32 Å². The van der Waals surface area contributed by atoms with Gasteiger partial charge in [-0.1, -0.05) is 43.0 Å². The fourth-order valence-electron chi connectivity index (χ4n) is 3.36. The van der Waals surface area contributed by atoms with Gasteiger partial charge in [0.15, 0.2) is 0 Å². The Hall–Kier alpha value is -0.530. The summed E-state index contributed by atoms with van der Waals surface area (Å²) in [4.78, 5) is 0. The molecule has 18 heavy (non-hydrogen) atoms. The maximum Gasteiger partial charge on any atom is 0.0406 e. The van der Waals surface area contributed by atoms with Gasteiger partial charge in [0.1, 0.15) is 0 Å². The zero-order chi connectivity index (χ0) is 12.4. The first-order valence-electron chi connectivity index (χ1n) is 7.33. The Kier molecular flexibility index (Phi) is 3.91. The molecule has 0 spiro atoms. The molecule has 0 atom stereocenters. The Morgan fingerprint density at radius 2 is 1.56 bits per heavy atom. The highest BCUT2D eigenvalue weighted by Gasteiger charge is 2.31. The number of benzene rings is 1. The van der Waals surface area contributed by atoms with Gasteiger partial charge >= 0.3 is 0 Å². The van der Waals surface area contributed by atoms with Gasteiger partial charge in [0, 0.05) is 17.1 Å². The molecule has 0 bridgehead atoms. The molecule has 98 valence electrons. The Balaban J connectivity index is 1.46. The van der Waals surface area contributed by atoms with Gasteiger partial charge in [-0.2, -0.15) is 0 Å². The lowest BCUT2D eigenvalue weighted by Crippen LogP contribution is -2.46. The second kappa shape index (κ2) is 5.63. The third-order valence-corrected chi connectivity index (χ3v) is 4.81. The maximum absolute atomic E-state index is 5.92. The molecule has 2 heteroatoms. The van der Waals surface area contributed by atoms with Gasteiger partial charge in [0.25, 0.3) is 0 Å². The smallest absolute Gasteiger partial charge is 0.0406 e. The second-order valence-electron chi connectivity index (χ2n) is 5.92. The second-order valence-corrected chi connectivity index (χ2v) is 6.35. The van der Waals surface area contributed by atoms with Crippen LogP contribution in [-0.4, -0.2) is 12.1 Å². The lowest BCUT2D eigenvalue weighted by Gasteiger charge is -2.39. The molecule has 0 amide bonds. The van der Waals surface area contributed by atoms with Crippen LogP contribution in [0.4, 0.5) is 0 Å². The summed E-state index contributed by atoms with van der Waals surface area (Å²) in [5, 5.41) is 4.68. The predicted octanol–water partition coefficient (Wildman–Crippen LogP) is 4.51. The molecule has 1 aromatic rings. The van der Waals surface area contributed by atoms with Gasteiger partial charge in [-0.3, -0.25) is 0 Å². The fourth-order valence-corrected chi connectivity index (χ4v) is 3.49. The van der Waals surface area contributed by atoms with E-state index in [0.29, 0.717) is 0 Å². The van der Waals surface area contributed by atoms with E-state index >= 15 is 0 Å². The standard InChI is InChI=1S/C16H22ClN/c17-14-8-6-12(7-9-14)13-10-16(11-13)18-15-4-2-1-3-5-15/h6-9,13,15-16,18H,1-5,10-11H2. The normalized spacial score (nSPS) is 28.9. The van der Waals surface area contributed by atoms with Gasteiger partial charge < -0.3 is 5.32 Å². The topological polar surface area (TPSA) is 12.0 Å². The van der Waals surface area contributed by atoms with Crippen LogP contribution >= 0.6 is 11.6 Å². The molecule has 1 nitrogen and oxygen atoms in total. The molecule has 0 heterocycles. The molecule has 2 saturated carbocycles. The van der Waals surface area contributed by atoms with E-state index < -0.39 is 0 Å². The van der Waals surface area contributed by atoms with Crippen molar-refractivity contribution >= 4 is 11.6 Å². The van der Waals surface area contributed by atoms with E-state index in [-0.39, 0.29) is 0 Å². The van der Waals surface area contributed by atoms with Crippen molar-refractivity contribution in [2.75, 3.05) is 0 Å². The lowest BCUT2D eigenvalue weighted by atomic mass is 9.75. The summed E-state index contributed by atoms with van der Waals surface area (Å²) in [7, 11) is 0. The van der Waals surface area contributed by atoms with Crippen molar-refractivity contribution in [3.8, 4) is 0 Å². The van der Waals surface area contributed by atoms with Gasteiger partial charge in [-0.05, 0) is 49.3 Å². The molecule has 2 aliphatic rings. The van der Waals surface area contributed by atoms with Crippen LogP contribution in [0.3, 0.4) is 0 Å². The van der Waals surface area contributed by atoms with E-state index in [0.717, 1.165) is 23.0 Å². The van der Waals surface area contributed by atoms with Crippen LogP contribution < -0.4 is 5.32 Å². The zero-order valence-corrected chi connectivity index (χ0v) is 11.6. The minimum absolute atomic E-state index is 0.753. The fraction of sp³-hybridized carbons (Fsp3) is 0.625. The molecule has 0 radical (unpaired) electrons. The summed E-state index contributed by atoms with van der Waals surface area (Å²) in [6.45, 7) is 0. The quantitative estimate of drug-likeness (QED) is 0.846. The summed E-state index contributed by atoms with van der Waals surface area (Å²) in [5.74, 6) is 0.753. The van der Waals surface area contributed by atoms with Crippen molar-refractivity contribution in [3.05, 3.63) is 34.9 Å². The number of hydrogen-bond donors (Lipinski definition) is 1. The van der Waals surface area contributed by atoms with Crippen LogP contribution in [-0.2, 0) is 0 Å². The largest absolute Gasteiger partial charge is 0.311 e. The van der Waals surface area contributed by atoms with Crippen LogP contribution in [0.5, 0.6) is 0 Å². The first kappa shape index (κ1) is 12.5. The van der Waals surface area contributed by atoms with Crippen molar-refractivity contribution in [2.24, 2.45) is 0 Å². The molecule has 0 unspecified atom stereocenters. The van der Waals surface area contributed by atoms with E-state index in [2.05, 4.69) is 17.4 Å². The van der Waals surface area contributed by atoms with Gasteiger partial charge in [0.05, 0.1) is 0 Å². The molecular formula is C16H22ClN. The molecule has 1 aromatic carbocycles. The number of hydrogen-bond acceptors (Lipinski definition) is 1. The number of halogens is 1. The van der Waals surface area contributed by atoms with Crippen molar-refractivity contribution in [1.29, 1.82) is 0 Å². The molecule has 1 N–H and O–H groups in total. The van der Waals surface area contributed by atoms with E-state index in [1.165, 1.54) is 50.5 Å². The minimum atomic E-state index is 0.753. The zero-order valence-electron chi connectivity index (χ0n) is 10.9. The highest BCUT2D eigenvalue weighted by Crippen LogP contribution is 2.38. The maximum atomic E-state index is 5.92.